The van der Waals surface area contributed by atoms with Gasteiger partial charge in [-0.05, 0) is 78.4 Å². The van der Waals surface area contributed by atoms with E-state index in [0.29, 0.717) is 23.3 Å². The second-order valence-electron chi connectivity index (χ2n) is 8.48. The highest BCUT2D eigenvalue weighted by atomic mass is 32.2. The van der Waals surface area contributed by atoms with E-state index < -0.39 is 10.1 Å². The molecule has 25 heavy (non-hydrogen) atoms. The molecule has 4 rings (SSSR count). The number of hydrogen-bond donors (Lipinski definition) is 1. The molecule has 1 aromatic carbocycles. The first-order valence-electron chi connectivity index (χ1n) is 9.28. The Morgan fingerprint density at radius 3 is 2.80 bits per heavy atom. The van der Waals surface area contributed by atoms with Gasteiger partial charge in [0.2, 0.25) is 0 Å². The first-order chi connectivity index (χ1) is 11.8. The summed E-state index contributed by atoms with van der Waals surface area (Å²) in [4.78, 5) is 0. The molecule has 2 fully saturated rings. The lowest BCUT2D eigenvalue weighted by molar-refractivity contribution is 0.0427. The van der Waals surface area contributed by atoms with E-state index in [9.17, 15) is 13.7 Å². The highest BCUT2D eigenvalue weighted by Crippen LogP contribution is 2.62. The topological polar surface area (TPSA) is 78.2 Å². The van der Waals surface area contributed by atoms with Crippen LogP contribution in [-0.2, 0) is 22.3 Å². The minimum absolute atomic E-state index is 0.179. The highest BCUT2D eigenvalue weighted by Gasteiger charge is 2.54. The van der Waals surface area contributed by atoms with Gasteiger partial charge in [-0.15, -0.1) is 0 Å². The molecule has 4 nitrogen and oxygen atoms in total. The van der Waals surface area contributed by atoms with Crippen molar-refractivity contribution in [2.24, 2.45) is 23.2 Å². The quantitative estimate of drug-likeness (QED) is 0.807. The first kappa shape index (κ1) is 17.1. The number of rotatable bonds is 2. The van der Waals surface area contributed by atoms with E-state index in [1.165, 1.54) is 17.5 Å². The fourth-order valence-electron chi connectivity index (χ4n) is 6.15. The van der Waals surface area contributed by atoms with Crippen LogP contribution in [0.15, 0.2) is 18.2 Å². The molecule has 134 valence electrons. The predicted molar refractivity (Wildman–Crippen MR) is 95.4 cm³/mol. The Morgan fingerprint density at radius 2 is 2.08 bits per heavy atom. The molecule has 3 aliphatic carbocycles. The summed E-state index contributed by atoms with van der Waals surface area (Å²) in [6, 6.07) is 8.48. The summed E-state index contributed by atoms with van der Waals surface area (Å²) < 4.78 is 31.4. The normalized spacial score (nSPS) is 36.8. The number of fused-ring (bicyclic) bond motifs is 5. The predicted octanol–water partition coefficient (Wildman–Crippen LogP) is 4.07. The van der Waals surface area contributed by atoms with Gasteiger partial charge >= 0.3 is 0 Å². The van der Waals surface area contributed by atoms with E-state index >= 15 is 0 Å². The minimum atomic E-state index is -3.99. The van der Waals surface area contributed by atoms with Crippen molar-refractivity contribution in [3.05, 3.63) is 34.9 Å². The van der Waals surface area contributed by atoms with Crippen molar-refractivity contribution in [1.82, 2.24) is 0 Å². The molecule has 0 saturated heterocycles. The highest BCUT2D eigenvalue weighted by molar-refractivity contribution is 7.85. The van der Waals surface area contributed by atoms with Gasteiger partial charge in [0.05, 0.1) is 12.0 Å². The molecular formula is C20H25NO3S. The lowest BCUT2D eigenvalue weighted by Crippen LogP contribution is -2.42. The maximum atomic E-state index is 11.1. The molecule has 0 unspecified atom stereocenters. The van der Waals surface area contributed by atoms with E-state index in [1.54, 1.807) is 0 Å². The van der Waals surface area contributed by atoms with Gasteiger partial charge in [-0.3, -0.25) is 4.55 Å². The molecule has 0 radical (unpaired) electrons. The van der Waals surface area contributed by atoms with Crippen LogP contribution < -0.4 is 0 Å². The molecule has 2 saturated carbocycles. The fraction of sp³-hybridized carbons (Fsp3) is 0.650. The van der Waals surface area contributed by atoms with Crippen molar-refractivity contribution in [3.63, 3.8) is 0 Å². The molecule has 5 atom stereocenters. The monoisotopic (exact) mass is 359 g/mol. The zero-order valence-electron chi connectivity index (χ0n) is 14.6. The third kappa shape index (κ3) is 2.80. The fourth-order valence-corrected chi connectivity index (χ4v) is 6.75. The summed E-state index contributed by atoms with van der Waals surface area (Å²) in [6.07, 6.45) is 6.56. The van der Waals surface area contributed by atoms with Crippen LogP contribution in [0.3, 0.4) is 0 Å². The van der Waals surface area contributed by atoms with Gasteiger partial charge in [0.25, 0.3) is 10.1 Å². The van der Waals surface area contributed by atoms with Gasteiger partial charge in [0.1, 0.15) is 5.75 Å². The summed E-state index contributed by atoms with van der Waals surface area (Å²) in [5, 5.41) is 9.53. The molecule has 1 N–H and O–H groups in total. The van der Waals surface area contributed by atoms with Gasteiger partial charge in [0.15, 0.2) is 0 Å². The number of benzene rings is 1. The van der Waals surface area contributed by atoms with Crippen molar-refractivity contribution in [1.29, 1.82) is 5.26 Å². The lowest BCUT2D eigenvalue weighted by Gasteiger charge is -2.50. The number of aryl methyl sites for hydroxylation is 1. The zero-order chi connectivity index (χ0) is 17.8. The van der Waals surface area contributed by atoms with Gasteiger partial charge in [0, 0.05) is 0 Å². The molecule has 0 aliphatic heterocycles. The van der Waals surface area contributed by atoms with E-state index in [4.69, 9.17) is 4.55 Å². The van der Waals surface area contributed by atoms with Crippen LogP contribution in [0.25, 0.3) is 0 Å². The van der Waals surface area contributed by atoms with Crippen molar-refractivity contribution < 1.29 is 13.0 Å². The van der Waals surface area contributed by atoms with Gasteiger partial charge in [-0.2, -0.15) is 13.7 Å². The third-order valence-corrected chi connectivity index (χ3v) is 7.99. The molecule has 0 amide bonds. The second-order valence-corrected chi connectivity index (χ2v) is 9.93. The molecule has 0 aromatic heterocycles. The minimum Gasteiger partial charge on any atom is -0.285 e. The Labute approximate surface area is 150 Å². The second kappa shape index (κ2) is 5.82. The summed E-state index contributed by atoms with van der Waals surface area (Å²) >= 11 is 0. The molecule has 1 aromatic rings. The Bertz CT molecular complexity index is 841. The summed E-state index contributed by atoms with van der Waals surface area (Å²) in [6.45, 7) is 2.33. The lowest BCUT2D eigenvalue weighted by atomic mass is 9.54. The van der Waals surface area contributed by atoms with E-state index in [1.807, 2.05) is 12.1 Å². The average molecular weight is 359 g/mol. The standard InChI is InChI=1S/C20H25NO3S/c1-20-9-8-17-16-5-2-13(12-25(22,23)24)10-14(16)3-6-18(17)19(20)7-4-15(20)11-21/h2,5,10,15,17-19H,3-4,6-9,12H2,1H3,(H,22,23,24)/t15-,17-,18-,19+,20-/m1/s1. The molecule has 5 heteroatoms. The largest absolute Gasteiger partial charge is 0.285 e. The Balaban J connectivity index is 1.63. The number of hydrogen-bond acceptors (Lipinski definition) is 3. The summed E-state index contributed by atoms with van der Waals surface area (Å²) in [5.74, 6) is 1.73. The van der Waals surface area contributed by atoms with Gasteiger partial charge < -0.3 is 0 Å². The Morgan fingerprint density at radius 1 is 1.28 bits per heavy atom. The van der Waals surface area contributed by atoms with Gasteiger partial charge in [-0.1, -0.05) is 25.1 Å². The van der Waals surface area contributed by atoms with Gasteiger partial charge in [-0.25, -0.2) is 0 Å². The van der Waals surface area contributed by atoms with E-state index in [-0.39, 0.29) is 17.1 Å². The summed E-state index contributed by atoms with van der Waals surface area (Å²) in [5.41, 5.74) is 3.47. The number of nitrogens with zero attached hydrogens (tertiary/aromatic N) is 1. The van der Waals surface area contributed by atoms with Crippen LogP contribution in [0.2, 0.25) is 0 Å². The molecular weight excluding hydrogens is 334 g/mol. The van der Waals surface area contributed by atoms with Crippen molar-refractivity contribution in [2.45, 2.75) is 57.1 Å². The van der Waals surface area contributed by atoms with Crippen LogP contribution in [0, 0.1) is 34.5 Å². The van der Waals surface area contributed by atoms with Crippen LogP contribution >= 0.6 is 0 Å². The van der Waals surface area contributed by atoms with Crippen LogP contribution in [0.4, 0.5) is 0 Å². The molecule has 0 heterocycles. The van der Waals surface area contributed by atoms with Crippen LogP contribution in [-0.4, -0.2) is 13.0 Å². The third-order valence-electron chi connectivity index (χ3n) is 7.30. The molecule has 3 aliphatic rings. The number of nitriles is 1. The Kier molecular flexibility index (Phi) is 3.97. The van der Waals surface area contributed by atoms with E-state index in [2.05, 4.69) is 19.1 Å². The van der Waals surface area contributed by atoms with Crippen molar-refractivity contribution in [3.8, 4) is 6.07 Å². The molecule has 0 spiro atoms. The maximum Gasteiger partial charge on any atom is 0.269 e. The zero-order valence-corrected chi connectivity index (χ0v) is 15.4. The average Bonchev–Trinajstić information content (AvgIpc) is 2.89. The maximum absolute atomic E-state index is 11.1. The molecule has 0 bridgehead atoms. The smallest absolute Gasteiger partial charge is 0.269 e. The van der Waals surface area contributed by atoms with Crippen molar-refractivity contribution >= 4 is 10.1 Å². The van der Waals surface area contributed by atoms with Crippen LogP contribution in [0.1, 0.15) is 61.6 Å². The van der Waals surface area contributed by atoms with Crippen molar-refractivity contribution in [2.75, 3.05) is 0 Å². The van der Waals surface area contributed by atoms with Crippen LogP contribution in [0.5, 0.6) is 0 Å². The van der Waals surface area contributed by atoms with E-state index in [0.717, 1.165) is 32.1 Å². The SMILES string of the molecule is C[C@]12CC[C@@H]3c4ccc(CS(=O)(=O)O)cc4CC[C@H]3[C@@H]1CC[C@@H]2C#N. The summed E-state index contributed by atoms with van der Waals surface area (Å²) in [7, 11) is -3.99. The first-order valence-corrected chi connectivity index (χ1v) is 10.9. The Hall–Kier alpha value is -1.38.